The smallest absolute Gasteiger partial charge is 0.141 e. The number of rotatable bonds is 8. The average Bonchev–Trinajstić information content (AvgIpc) is 2.13. The molecule has 0 saturated heterocycles. The van der Waals surface area contributed by atoms with E-state index in [9.17, 15) is 4.79 Å². The molecular formula is C16H33NO2. The van der Waals surface area contributed by atoms with E-state index in [4.69, 9.17) is 4.74 Å². The number of carbonyl (C=O) groups is 1. The third-order valence-corrected chi connectivity index (χ3v) is 3.30. The van der Waals surface area contributed by atoms with E-state index in [1.807, 2.05) is 34.6 Å². The van der Waals surface area contributed by atoms with Gasteiger partial charge >= 0.3 is 0 Å². The van der Waals surface area contributed by atoms with Crippen LogP contribution in [-0.2, 0) is 9.53 Å². The molecule has 0 aromatic carbocycles. The molecule has 0 amide bonds. The van der Waals surface area contributed by atoms with Gasteiger partial charge in [0.15, 0.2) is 0 Å². The Labute approximate surface area is 119 Å². The summed E-state index contributed by atoms with van der Waals surface area (Å²) in [4.78, 5) is 12.1. The van der Waals surface area contributed by atoms with E-state index in [-0.39, 0.29) is 22.3 Å². The number of hydrogen-bond donors (Lipinski definition) is 1. The van der Waals surface area contributed by atoms with Gasteiger partial charge < -0.3 is 10.1 Å². The third-order valence-electron chi connectivity index (χ3n) is 3.30. The van der Waals surface area contributed by atoms with Gasteiger partial charge in [-0.25, -0.2) is 0 Å². The number of hydrogen-bond acceptors (Lipinski definition) is 3. The van der Waals surface area contributed by atoms with E-state index in [0.29, 0.717) is 13.0 Å². The second-order valence-corrected chi connectivity index (χ2v) is 7.62. The molecule has 0 saturated carbocycles. The molecule has 0 aliphatic carbocycles. The third kappa shape index (κ3) is 8.38. The van der Waals surface area contributed by atoms with Crippen molar-refractivity contribution in [1.82, 2.24) is 5.32 Å². The summed E-state index contributed by atoms with van der Waals surface area (Å²) in [5.74, 6) is 0.253. The lowest BCUT2D eigenvalue weighted by Crippen LogP contribution is -2.41. The lowest BCUT2D eigenvalue weighted by atomic mass is 9.84. The van der Waals surface area contributed by atoms with E-state index in [0.717, 1.165) is 13.0 Å². The van der Waals surface area contributed by atoms with Gasteiger partial charge in [-0.2, -0.15) is 0 Å². The molecule has 3 heteroatoms. The van der Waals surface area contributed by atoms with Crippen LogP contribution in [0.2, 0.25) is 0 Å². The van der Waals surface area contributed by atoms with Crippen LogP contribution in [0.15, 0.2) is 0 Å². The van der Waals surface area contributed by atoms with Gasteiger partial charge in [0.05, 0.1) is 5.60 Å². The number of ether oxygens (including phenoxy) is 1. The molecule has 0 aliphatic rings. The molecule has 0 fully saturated rings. The molecule has 0 aromatic heterocycles. The van der Waals surface area contributed by atoms with E-state index >= 15 is 0 Å². The van der Waals surface area contributed by atoms with Gasteiger partial charge in [0.2, 0.25) is 0 Å². The normalized spacial score (nSPS) is 13.7. The van der Waals surface area contributed by atoms with Crippen molar-refractivity contribution in [3.8, 4) is 0 Å². The highest BCUT2D eigenvalue weighted by atomic mass is 16.5. The summed E-state index contributed by atoms with van der Waals surface area (Å²) in [6.07, 6.45) is 1.41. The van der Waals surface area contributed by atoms with Crippen LogP contribution < -0.4 is 5.32 Å². The Bertz CT molecular complexity index is 288. The van der Waals surface area contributed by atoms with Crippen LogP contribution in [0.5, 0.6) is 0 Å². The second-order valence-electron chi connectivity index (χ2n) is 7.62. The molecule has 1 N–H and O–H groups in total. The number of carbonyl (C=O) groups excluding carboxylic acids is 1. The van der Waals surface area contributed by atoms with Crippen molar-refractivity contribution in [2.24, 2.45) is 5.41 Å². The number of ketones is 1. The molecule has 19 heavy (non-hydrogen) atoms. The molecule has 0 bridgehead atoms. The number of nitrogens with one attached hydrogen (secondary N) is 1. The summed E-state index contributed by atoms with van der Waals surface area (Å²) in [5.41, 5.74) is -0.588. The Morgan fingerprint density at radius 1 is 1.05 bits per heavy atom. The molecule has 3 nitrogen and oxygen atoms in total. The maximum absolute atomic E-state index is 12.1. The van der Waals surface area contributed by atoms with Crippen molar-refractivity contribution < 1.29 is 9.53 Å². The van der Waals surface area contributed by atoms with Gasteiger partial charge in [-0.1, -0.05) is 27.7 Å². The first-order valence-corrected chi connectivity index (χ1v) is 7.32. The quantitative estimate of drug-likeness (QED) is 0.733. The maximum Gasteiger partial charge on any atom is 0.141 e. The monoisotopic (exact) mass is 271 g/mol. The lowest BCUT2D eigenvalue weighted by Gasteiger charge is -2.31. The topological polar surface area (TPSA) is 38.3 Å². The highest BCUT2D eigenvalue weighted by Crippen LogP contribution is 2.24. The van der Waals surface area contributed by atoms with Gasteiger partial charge in [0.1, 0.15) is 5.78 Å². The predicted octanol–water partition coefficient (Wildman–Crippen LogP) is 3.57. The highest BCUT2D eigenvalue weighted by molar-refractivity contribution is 5.84. The zero-order chi connectivity index (χ0) is 15.3. The molecule has 0 radical (unpaired) electrons. The van der Waals surface area contributed by atoms with Crippen molar-refractivity contribution in [2.45, 2.75) is 79.4 Å². The minimum atomic E-state index is -0.382. The van der Waals surface area contributed by atoms with E-state index in [2.05, 4.69) is 26.1 Å². The van der Waals surface area contributed by atoms with Crippen LogP contribution in [0.3, 0.4) is 0 Å². The fourth-order valence-electron chi connectivity index (χ4n) is 1.85. The van der Waals surface area contributed by atoms with Gasteiger partial charge in [-0.05, 0) is 40.7 Å². The molecule has 0 aliphatic heterocycles. The van der Waals surface area contributed by atoms with Crippen LogP contribution in [0, 0.1) is 5.41 Å². The molecule has 0 heterocycles. The van der Waals surface area contributed by atoms with Gasteiger partial charge in [-0.3, -0.25) is 4.79 Å². The average molecular weight is 271 g/mol. The Kier molecular flexibility index (Phi) is 6.70. The molecule has 0 spiro atoms. The zero-order valence-corrected chi connectivity index (χ0v) is 14.1. The first-order valence-electron chi connectivity index (χ1n) is 7.32. The van der Waals surface area contributed by atoms with Gasteiger partial charge in [0.25, 0.3) is 0 Å². The van der Waals surface area contributed by atoms with Gasteiger partial charge in [0, 0.05) is 24.0 Å². The first kappa shape index (κ1) is 18.6. The van der Waals surface area contributed by atoms with Crippen LogP contribution in [0.25, 0.3) is 0 Å². The van der Waals surface area contributed by atoms with Crippen LogP contribution in [-0.4, -0.2) is 30.1 Å². The molecule has 0 rings (SSSR count). The Morgan fingerprint density at radius 2 is 1.58 bits per heavy atom. The van der Waals surface area contributed by atoms with Crippen molar-refractivity contribution in [1.29, 1.82) is 0 Å². The van der Waals surface area contributed by atoms with Crippen LogP contribution in [0.1, 0.15) is 68.2 Å². The maximum atomic E-state index is 12.1. The fraction of sp³-hybridized carbons (Fsp3) is 0.938. The summed E-state index contributed by atoms with van der Waals surface area (Å²) in [6, 6.07) is 0. The Hall–Kier alpha value is -0.410. The molecule has 0 aromatic rings. The van der Waals surface area contributed by atoms with E-state index in [1.54, 1.807) is 0 Å². The standard InChI is InChI=1S/C16H33NO2/c1-9-17-15(5,6)10-11-19-16(7,8)12-13(18)14(2,3)4/h17H,9-12H2,1-8H3. The molecule has 0 unspecified atom stereocenters. The summed E-state index contributed by atoms with van der Waals surface area (Å²) < 4.78 is 5.92. The molecule has 0 atom stereocenters. The zero-order valence-electron chi connectivity index (χ0n) is 14.1. The summed E-state index contributed by atoms with van der Waals surface area (Å²) in [5, 5.41) is 3.43. The van der Waals surface area contributed by atoms with Crippen molar-refractivity contribution in [2.75, 3.05) is 13.2 Å². The Morgan fingerprint density at radius 3 is 2.00 bits per heavy atom. The SMILES string of the molecule is CCNC(C)(C)CCOC(C)(C)CC(=O)C(C)(C)C. The lowest BCUT2D eigenvalue weighted by molar-refractivity contribution is -0.133. The fourth-order valence-corrected chi connectivity index (χ4v) is 1.85. The van der Waals surface area contributed by atoms with Crippen molar-refractivity contribution in [3.63, 3.8) is 0 Å². The molecule has 114 valence electrons. The predicted molar refractivity (Wildman–Crippen MR) is 81.5 cm³/mol. The van der Waals surface area contributed by atoms with Crippen molar-refractivity contribution >= 4 is 5.78 Å². The summed E-state index contributed by atoms with van der Waals surface area (Å²) >= 11 is 0. The summed E-state index contributed by atoms with van der Waals surface area (Å²) in [6.45, 7) is 17.9. The Balaban J connectivity index is 4.21. The first-order chi connectivity index (χ1) is 8.40. The van der Waals surface area contributed by atoms with E-state index in [1.165, 1.54) is 0 Å². The number of Topliss-reactive ketones (excluding diaryl/α,β-unsaturated/α-hetero) is 1. The van der Waals surface area contributed by atoms with E-state index < -0.39 is 0 Å². The van der Waals surface area contributed by atoms with Gasteiger partial charge in [-0.15, -0.1) is 0 Å². The minimum absolute atomic E-state index is 0.0822. The second kappa shape index (κ2) is 6.85. The minimum Gasteiger partial charge on any atom is -0.375 e. The summed E-state index contributed by atoms with van der Waals surface area (Å²) in [7, 11) is 0. The molecular weight excluding hydrogens is 238 g/mol. The largest absolute Gasteiger partial charge is 0.375 e. The highest BCUT2D eigenvalue weighted by Gasteiger charge is 2.30. The van der Waals surface area contributed by atoms with Crippen LogP contribution >= 0.6 is 0 Å². The van der Waals surface area contributed by atoms with Crippen LogP contribution in [0.4, 0.5) is 0 Å². The van der Waals surface area contributed by atoms with Crippen molar-refractivity contribution in [3.05, 3.63) is 0 Å².